The number of carbonyl (C=O) groups is 1. The summed E-state index contributed by atoms with van der Waals surface area (Å²) in [5.41, 5.74) is 2.67. The van der Waals surface area contributed by atoms with Crippen LogP contribution in [0.15, 0.2) is 43.0 Å². The first-order valence-corrected chi connectivity index (χ1v) is 7.77. The van der Waals surface area contributed by atoms with Crippen molar-refractivity contribution in [2.24, 2.45) is 0 Å². The molecular formula is C19H26O2. The number of allylic oxidation sites excluding steroid dienone is 1. The third kappa shape index (κ3) is 8.13. The first-order chi connectivity index (χ1) is 10.3. The Morgan fingerprint density at radius 3 is 2.43 bits per heavy atom. The van der Waals surface area contributed by atoms with Crippen molar-refractivity contribution in [3.63, 3.8) is 0 Å². The third-order valence-electron chi connectivity index (χ3n) is 3.36. The molecule has 0 unspecified atom stereocenters. The van der Waals surface area contributed by atoms with Crippen molar-refractivity contribution in [2.75, 3.05) is 6.61 Å². The molecule has 0 amide bonds. The van der Waals surface area contributed by atoms with E-state index in [0.717, 1.165) is 19.3 Å². The number of hydrogen-bond acceptors (Lipinski definition) is 2. The minimum Gasteiger partial charge on any atom is -0.463 e. The van der Waals surface area contributed by atoms with Gasteiger partial charge in [-0.15, -0.1) is 0 Å². The normalized spacial score (nSPS) is 10.7. The van der Waals surface area contributed by atoms with Crippen LogP contribution in [0.2, 0.25) is 0 Å². The summed E-state index contributed by atoms with van der Waals surface area (Å²) >= 11 is 0. The Kier molecular flexibility index (Phi) is 8.94. The number of ether oxygens (including phenoxy) is 1. The van der Waals surface area contributed by atoms with Crippen LogP contribution in [0, 0.1) is 0 Å². The predicted molar refractivity (Wildman–Crippen MR) is 89.1 cm³/mol. The van der Waals surface area contributed by atoms with Crippen molar-refractivity contribution >= 4 is 12.0 Å². The van der Waals surface area contributed by atoms with Crippen LogP contribution >= 0.6 is 0 Å². The molecule has 0 radical (unpaired) electrons. The average molecular weight is 286 g/mol. The van der Waals surface area contributed by atoms with E-state index in [2.05, 4.69) is 43.0 Å². The molecule has 0 aliphatic carbocycles. The zero-order chi connectivity index (χ0) is 15.3. The Hall–Kier alpha value is -1.83. The number of hydrogen-bond donors (Lipinski definition) is 0. The first kappa shape index (κ1) is 17.2. The number of aryl methyl sites for hydroxylation is 1. The summed E-state index contributed by atoms with van der Waals surface area (Å²) in [5, 5.41) is 0. The summed E-state index contributed by atoms with van der Waals surface area (Å²) in [7, 11) is 0. The maximum absolute atomic E-state index is 10.8. The zero-order valence-corrected chi connectivity index (χ0v) is 13.0. The van der Waals surface area contributed by atoms with Crippen LogP contribution in [0.25, 0.3) is 6.08 Å². The van der Waals surface area contributed by atoms with Crippen molar-refractivity contribution < 1.29 is 9.53 Å². The minimum atomic E-state index is -0.323. The molecule has 0 aromatic heterocycles. The molecule has 21 heavy (non-hydrogen) atoms. The van der Waals surface area contributed by atoms with E-state index >= 15 is 0 Å². The van der Waals surface area contributed by atoms with Gasteiger partial charge in [0.15, 0.2) is 0 Å². The highest BCUT2D eigenvalue weighted by Crippen LogP contribution is 2.11. The van der Waals surface area contributed by atoms with Crippen molar-refractivity contribution in [1.82, 2.24) is 0 Å². The smallest absolute Gasteiger partial charge is 0.330 e. The van der Waals surface area contributed by atoms with Crippen LogP contribution in [0.5, 0.6) is 0 Å². The van der Waals surface area contributed by atoms with Crippen LogP contribution in [0.3, 0.4) is 0 Å². The van der Waals surface area contributed by atoms with Crippen LogP contribution in [0.1, 0.15) is 50.2 Å². The second-order valence-electron chi connectivity index (χ2n) is 5.13. The molecule has 0 N–H and O–H groups in total. The van der Waals surface area contributed by atoms with Gasteiger partial charge in [0.25, 0.3) is 0 Å². The predicted octanol–water partition coefficient (Wildman–Crippen LogP) is 4.94. The van der Waals surface area contributed by atoms with Gasteiger partial charge in [0.05, 0.1) is 6.61 Å². The first-order valence-electron chi connectivity index (χ1n) is 7.77. The van der Waals surface area contributed by atoms with Crippen LogP contribution < -0.4 is 0 Å². The monoisotopic (exact) mass is 286 g/mol. The maximum atomic E-state index is 10.8. The quantitative estimate of drug-likeness (QED) is 0.346. The summed E-state index contributed by atoms with van der Waals surface area (Å²) < 4.78 is 4.94. The van der Waals surface area contributed by atoms with E-state index in [1.165, 1.54) is 36.5 Å². The molecule has 0 fully saturated rings. The highest BCUT2D eigenvalue weighted by molar-refractivity contribution is 5.81. The topological polar surface area (TPSA) is 26.3 Å². The minimum absolute atomic E-state index is 0.323. The van der Waals surface area contributed by atoms with E-state index in [-0.39, 0.29) is 5.97 Å². The average Bonchev–Trinajstić information content (AvgIpc) is 2.51. The standard InChI is InChI=1S/C19H26O2/c1-3-10-17-12-14-18(15-13-17)11-8-6-5-7-9-16-21-19(20)4-2/h3-4,10,12-15H,2,5-9,11,16H2,1H3. The van der Waals surface area contributed by atoms with Gasteiger partial charge in [0, 0.05) is 6.08 Å². The van der Waals surface area contributed by atoms with Gasteiger partial charge in [-0.3, -0.25) is 0 Å². The molecule has 2 nitrogen and oxygen atoms in total. The molecule has 2 heteroatoms. The van der Waals surface area contributed by atoms with Crippen molar-refractivity contribution in [1.29, 1.82) is 0 Å². The van der Waals surface area contributed by atoms with E-state index in [1.807, 2.05) is 6.92 Å². The molecule has 0 aliphatic rings. The second-order valence-corrected chi connectivity index (χ2v) is 5.13. The molecule has 0 heterocycles. The van der Waals surface area contributed by atoms with Crippen LogP contribution in [0.4, 0.5) is 0 Å². The molecule has 1 aromatic rings. The fourth-order valence-corrected chi connectivity index (χ4v) is 2.18. The van der Waals surface area contributed by atoms with Gasteiger partial charge in [-0.25, -0.2) is 4.79 Å². The lowest BCUT2D eigenvalue weighted by molar-refractivity contribution is -0.137. The molecule has 0 saturated carbocycles. The van der Waals surface area contributed by atoms with Gasteiger partial charge in [-0.05, 0) is 37.3 Å². The highest BCUT2D eigenvalue weighted by Gasteiger charge is 1.97. The number of carbonyl (C=O) groups excluding carboxylic acids is 1. The van der Waals surface area contributed by atoms with E-state index in [4.69, 9.17) is 4.74 Å². The van der Waals surface area contributed by atoms with Crippen molar-refractivity contribution in [2.45, 2.75) is 45.4 Å². The van der Waals surface area contributed by atoms with Crippen molar-refractivity contribution in [3.8, 4) is 0 Å². The molecule has 0 saturated heterocycles. The van der Waals surface area contributed by atoms with Gasteiger partial charge in [0.1, 0.15) is 0 Å². The number of unbranched alkanes of at least 4 members (excludes halogenated alkanes) is 4. The van der Waals surface area contributed by atoms with Gasteiger partial charge >= 0.3 is 5.97 Å². The lowest BCUT2D eigenvalue weighted by Crippen LogP contribution is -2.01. The summed E-state index contributed by atoms with van der Waals surface area (Å²) in [6, 6.07) is 8.76. The van der Waals surface area contributed by atoms with Gasteiger partial charge < -0.3 is 4.74 Å². The molecule has 0 atom stereocenters. The highest BCUT2D eigenvalue weighted by atomic mass is 16.5. The molecule has 114 valence electrons. The van der Waals surface area contributed by atoms with E-state index in [0.29, 0.717) is 6.61 Å². The fraction of sp³-hybridized carbons (Fsp3) is 0.421. The molecule has 1 rings (SSSR count). The van der Waals surface area contributed by atoms with E-state index in [9.17, 15) is 4.79 Å². The largest absolute Gasteiger partial charge is 0.463 e. The van der Waals surface area contributed by atoms with Crippen molar-refractivity contribution in [3.05, 3.63) is 54.1 Å². The summed E-state index contributed by atoms with van der Waals surface area (Å²) in [6.45, 7) is 5.91. The Morgan fingerprint density at radius 2 is 1.76 bits per heavy atom. The number of rotatable bonds is 10. The third-order valence-corrected chi connectivity index (χ3v) is 3.36. The van der Waals surface area contributed by atoms with E-state index in [1.54, 1.807) is 0 Å². The summed E-state index contributed by atoms with van der Waals surface area (Å²) in [5.74, 6) is -0.323. The lowest BCUT2D eigenvalue weighted by atomic mass is 10.0. The summed E-state index contributed by atoms with van der Waals surface area (Å²) in [6.07, 6.45) is 12.2. The number of benzene rings is 1. The second kappa shape index (κ2) is 10.9. The Balaban J connectivity index is 2.03. The molecular weight excluding hydrogens is 260 g/mol. The van der Waals surface area contributed by atoms with E-state index < -0.39 is 0 Å². The Labute approximate surface area is 128 Å². The molecule has 0 bridgehead atoms. The Bertz CT molecular complexity index is 443. The SMILES string of the molecule is C=CC(=O)OCCCCCCCc1ccc(C=CC)cc1. The fourth-order valence-electron chi connectivity index (χ4n) is 2.18. The molecule has 1 aromatic carbocycles. The zero-order valence-electron chi connectivity index (χ0n) is 13.0. The van der Waals surface area contributed by atoms with Gasteiger partial charge in [0.2, 0.25) is 0 Å². The van der Waals surface area contributed by atoms with Crippen LogP contribution in [-0.2, 0) is 16.0 Å². The number of esters is 1. The molecule has 0 spiro atoms. The van der Waals surface area contributed by atoms with Gasteiger partial charge in [-0.2, -0.15) is 0 Å². The Morgan fingerprint density at radius 1 is 1.10 bits per heavy atom. The summed E-state index contributed by atoms with van der Waals surface area (Å²) in [4.78, 5) is 10.8. The molecule has 0 aliphatic heterocycles. The van der Waals surface area contributed by atoms with Gasteiger partial charge in [-0.1, -0.05) is 62.3 Å². The maximum Gasteiger partial charge on any atom is 0.330 e. The van der Waals surface area contributed by atoms with Crippen LogP contribution in [-0.4, -0.2) is 12.6 Å². The lowest BCUT2D eigenvalue weighted by Gasteiger charge is -2.04.